The van der Waals surface area contributed by atoms with Crippen LogP contribution in [0.15, 0.2) is 54.7 Å². The van der Waals surface area contributed by atoms with E-state index in [1.807, 2.05) is 11.0 Å². The van der Waals surface area contributed by atoms with Gasteiger partial charge in [-0.1, -0.05) is 41.9 Å². The second-order valence-corrected chi connectivity index (χ2v) is 8.71. The van der Waals surface area contributed by atoms with Gasteiger partial charge in [0.25, 0.3) is 0 Å². The lowest BCUT2D eigenvalue weighted by molar-refractivity contribution is 0.167. The Kier molecular flexibility index (Phi) is 5.40. The summed E-state index contributed by atoms with van der Waals surface area (Å²) in [7, 11) is 0. The molecule has 5 rings (SSSR count). The second-order valence-electron chi connectivity index (χ2n) is 8.27. The molecule has 6 heteroatoms. The van der Waals surface area contributed by atoms with E-state index in [0.717, 1.165) is 57.1 Å². The molecular weight excluding hydrogens is 396 g/mol. The van der Waals surface area contributed by atoms with Gasteiger partial charge in [0.2, 0.25) is 0 Å². The van der Waals surface area contributed by atoms with Crippen LogP contribution in [0.5, 0.6) is 0 Å². The third-order valence-corrected chi connectivity index (χ3v) is 6.70. The quantitative estimate of drug-likeness (QED) is 0.651. The van der Waals surface area contributed by atoms with Crippen LogP contribution in [-0.4, -0.2) is 59.7 Å². The van der Waals surface area contributed by atoms with E-state index in [9.17, 15) is 4.79 Å². The van der Waals surface area contributed by atoms with Crippen LogP contribution >= 0.6 is 11.6 Å². The lowest BCUT2D eigenvalue weighted by Crippen LogP contribution is -2.41. The molecule has 0 aliphatic carbocycles. The van der Waals surface area contributed by atoms with Crippen LogP contribution in [0.3, 0.4) is 0 Å². The third kappa shape index (κ3) is 3.80. The van der Waals surface area contributed by atoms with E-state index in [0.29, 0.717) is 6.04 Å². The molecule has 2 aromatic carbocycles. The van der Waals surface area contributed by atoms with E-state index < -0.39 is 0 Å². The lowest BCUT2D eigenvalue weighted by atomic mass is 10.0. The number of piperidine rings is 1. The summed E-state index contributed by atoms with van der Waals surface area (Å²) in [5.41, 5.74) is 3.73. The maximum Gasteiger partial charge on any atom is 0.317 e. The number of hydrogen-bond donors (Lipinski definition) is 1. The molecule has 0 radical (unpaired) electrons. The van der Waals surface area contributed by atoms with Crippen LogP contribution in [-0.2, 0) is 0 Å². The Bertz CT molecular complexity index is 1040. The Morgan fingerprint density at radius 1 is 1.00 bits per heavy atom. The Labute approximate surface area is 182 Å². The van der Waals surface area contributed by atoms with Crippen molar-refractivity contribution in [2.45, 2.75) is 18.9 Å². The molecule has 3 aromatic rings. The Hall–Kier alpha value is -2.50. The van der Waals surface area contributed by atoms with Crippen molar-refractivity contribution >= 4 is 28.5 Å². The third-order valence-electron chi connectivity index (χ3n) is 6.46. The molecule has 156 valence electrons. The Morgan fingerprint density at radius 3 is 2.53 bits per heavy atom. The summed E-state index contributed by atoms with van der Waals surface area (Å²) in [6.07, 6.45) is 4.55. The monoisotopic (exact) mass is 422 g/mol. The number of carbonyl (C=O) groups excluding carboxylic acids is 1. The van der Waals surface area contributed by atoms with Gasteiger partial charge in [-0.15, -0.1) is 0 Å². The van der Waals surface area contributed by atoms with Crippen molar-refractivity contribution in [3.05, 3.63) is 59.8 Å². The van der Waals surface area contributed by atoms with Gasteiger partial charge in [-0.25, -0.2) is 4.79 Å². The second kappa shape index (κ2) is 8.32. The molecule has 2 fully saturated rings. The topological polar surface area (TPSA) is 40.5 Å². The summed E-state index contributed by atoms with van der Waals surface area (Å²) in [4.78, 5) is 16.1. The predicted molar refractivity (Wildman–Crippen MR) is 122 cm³/mol. The van der Waals surface area contributed by atoms with Crippen molar-refractivity contribution < 1.29 is 4.79 Å². The molecule has 30 heavy (non-hydrogen) atoms. The van der Waals surface area contributed by atoms with Crippen molar-refractivity contribution in [3.63, 3.8) is 0 Å². The Morgan fingerprint density at radius 2 is 1.80 bits per heavy atom. The van der Waals surface area contributed by atoms with Crippen LogP contribution in [0.2, 0.25) is 5.02 Å². The molecule has 5 nitrogen and oxygen atoms in total. The normalized spacial score (nSPS) is 18.3. The van der Waals surface area contributed by atoms with Crippen molar-refractivity contribution in [1.82, 2.24) is 19.7 Å². The van der Waals surface area contributed by atoms with Gasteiger partial charge in [0.05, 0.1) is 0 Å². The molecule has 0 atom stereocenters. The summed E-state index contributed by atoms with van der Waals surface area (Å²) in [5, 5.41) is 4.87. The van der Waals surface area contributed by atoms with Crippen LogP contribution < -0.4 is 5.32 Å². The zero-order valence-electron chi connectivity index (χ0n) is 17.1. The highest BCUT2D eigenvalue weighted by Crippen LogP contribution is 2.36. The average Bonchev–Trinajstić information content (AvgIpc) is 3.36. The molecule has 2 aliphatic heterocycles. The van der Waals surface area contributed by atoms with E-state index in [1.165, 1.54) is 22.0 Å². The van der Waals surface area contributed by atoms with E-state index in [1.54, 1.807) is 0 Å². The first kappa shape index (κ1) is 19.5. The van der Waals surface area contributed by atoms with Gasteiger partial charge >= 0.3 is 6.03 Å². The summed E-state index contributed by atoms with van der Waals surface area (Å²) in [6, 6.07) is 17.4. The molecule has 2 saturated heterocycles. The van der Waals surface area contributed by atoms with Crippen LogP contribution in [0.1, 0.15) is 18.9 Å². The zero-order valence-corrected chi connectivity index (χ0v) is 17.8. The maximum absolute atomic E-state index is 11.7. The zero-order chi connectivity index (χ0) is 20.5. The van der Waals surface area contributed by atoms with E-state index in [2.05, 4.69) is 63.4 Å². The Balaban J connectivity index is 1.33. The molecule has 3 heterocycles. The van der Waals surface area contributed by atoms with Gasteiger partial charge in [0.15, 0.2) is 0 Å². The first-order valence-corrected chi connectivity index (χ1v) is 11.2. The van der Waals surface area contributed by atoms with Gasteiger partial charge in [-0.3, -0.25) is 0 Å². The largest absolute Gasteiger partial charge is 0.344 e. The number of aromatic nitrogens is 1. The lowest BCUT2D eigenvalue weighted by Gasteiger charge is -2.33. The van der Waals surface area contributed by atoms with Gasteiger partial charge in [-0.2, -0.15) is 0 Å². The number of likely N-dealkylation sites (tertiary alicyclic amines) is 1. The number of nitrogens with zero attached hydrogens (tertiary/aromatic N) is 3. The number of fused-ring (bicyclic) bond motifs is 1. The summed E-state index contributed by atoms with van der Waals surface area (Å²) in [6.45, 7) is 5.50. The highest BCUT2D eigenvalue weighted by Gasteiger charge is 2.25. The summed E-state index contributed by atoms with van der Waals surface area (Å²) in [5.74, 6) is 0. The van der Waals surface area contributed by atoms with Crippen LogP contribution in [0.4, 0.5) is 4.79 Å². The minimum Gasteiger partial charge on any atom is -0.344 e. The van der Waals surface area contributed by atoms with Crippen molar-refractivity contribution in [1.29, 1.82) is 0 Å². The molecule has 1 N–H and O–H groups in total. The first-order valence-electron chi connectivity index (χ1n) is 10.8. The number of hydrogen-bond acceptors (Lipinski definition) is 2. The fourth-order valence-corrected chi connectivity index (χ4v) is 4.96. The highest BCUT2D eigenvalue weighted by molar-refractivity contribution is 6.31. The van der Waals surface area contributed by atoms with Gasteiger partial charge in [0.1, 0.15) is 0 Å². The number of nitrogens with one attached hydrogen (secondary N) is 1. The highest BCUT2D eigenvalue weighted by atomic mass is 35.5. The maximum atomic E-state index is 11.7. The molecule has 0 unspecified atom stereocenters. The average molecular weight is 423 g/mol. The van der Waals surface area contributed by atoms with Crippen molar-refractivity contribution in [2.24, 2.45) is 0 Å². The standard InChI is InChI=1S/C24H27ClN4O/c25-19-6-7-23-21(16-19)22(18-4-2-1-3-5-18)17-29(23)20-8-11-27(12-9-20)14-15-28-13-10-26-24(28)30/h1-7,16-17,20H,8-15H2,(H,26,30). The molecule has 2 amide bonds. The van der Waals surface area contributed by atoms with Crippen LogP contribution in [0, 0.1) is 0 Å². The number of benzene rings is 2. The number of carbonyl (C=O) groups is 1. The van der Waals surface area contributed by atoms with Crippen molar-refractivity contribution in [3.8, 4) is 11.1 Å². The number of rotatable bonds is 5. The summed E-state index contributed by atoms with van der Waals surface area (Å²) < 4.78 is 2.46. The van der Waals surface area contributed by atoms with Gasteiger partial charge < -0.3 is 19.7 Å². The van der Waals surface area contributed by atoms with Crippen LogP contribution in [0.25, 0.3) is 22.0 Å². The van der Waals surface area contributed by atoms with E-state index in [-0.39, 0.29) is 6.03 Å². The molecule has 0 bridgehead atoms. The van der Waals surface area contributed by atoms with E-state index >= 15 is 0 Å². The molecule has 1 aromatic heterocycles. The molecule has 2 aliphatic rings. The van der Waals surface area contributed by atoms with Gasteiger partial charge in [-0.05, 0) is 36.6 Å². The number of amides is 2. The fraction of sp³-hybridized carbons (Fsp3) is 0.375. The molecular formula is C24H27ClN4O. The fourth-order valence-electron chi connectivity index (χ4n) is 4.78. The molecule has 0 saturated carbocycles. The van der Waals surface area contributed by atoms with Crippen molar-refractivity contribution in [2.75, 3.05) is 39.3 Å². The summed E-state index contributed by atoms with van der Waals surface area (Å²) >= 11 is 6.34. The smallest absolute Gasteiger partial charge is 0.317 e. The first-order chi connectivity index (χ1) is 14.7. The van der Waals surface area contributed by atoms with Gasteiger partial charge in [0, 0.05) is 73.0 Å². The van der Waals surface area contributed by atoms with E-state index in [4.69, 9.17) is 11.6 Å². The molecule has 0 spiro atoms. The minimum atomic E-state index is 0.0794. The minimum absolute atomic E-state index is 0.0794. The SMILES string of the molecule is O=C1NCCN1CCN1CCC(n2cc(-c3ccccc3)c3cc(Cl)ccc32)CC1. The number of halogens is 1. The predicted octanol–water partition coefficient (Wildman–Crippen LogP) is 4.62. The number of urea groups is 1.